The molecule has 0 aromatic carbocycles. The molecule has 0 saturated carbocycles. The number of halogens is 9. The molecule has 0 fully saturated rings. The Kier molecular flexibility index (Phi) is 10.3. The van der Waals surface area contributed by atoms with Crippen molar-refractivity contribution in [2.75, 3.05) is 0 Å². The van der Waals surface area contributed by atoms with E-state index in [2.05, 4.69) is 0 Å². The van der Waals surface area contributed by atoms with Crippen molar-refractivity contribution in [3.8, 4) is 0 Å². The van der Waals surface area contributed by atoms with Crippen LogP contribution in [0.5, 0.6) is 0 Å². The van der Waals surface area contributed by atoms with Crippen LogP contribution in [0.25, 0.3) is 0 Å². The Labute approximate surface area is 204 Å². The van der Waals surface area contributed by atoms with Crippen molar-refractivity contribution in [1.29, 1.82) is 0 Å². The van der Waals surface area contributed by atoms with Gasteiger partial charge in [-0.15, -0.1) is 0 Å². The largest absolute Gasteiger partial charge is 3.00 e. The zero-order valence-electron chi connectivity index (χ0n) is 13.8. The molecule has 3 unspecified atom stereocenters. The fourth-order valence-electron chi connectivity index (χ4n) is 1.64. The van der Waals surface area contributed by atoms with E-state index < -0.39 is 86.7 Å². The standard InChI is InChI=1S/3C4H2F3NO2.Eu/c3*5-1-2(4(9)10)8(7)3(1)6;/h3*3H,(H,9,10);/q;;;+3/p-3. The first-order valence-corrected chi connectivity index (χ1v) is 6.76. The second-order valence-corrected chi connectivity index (χ2v) is 4.89. The number of hydrogen-bond donors (Lipinski definition) is 0. The average molecular weight is 608 g/mol. The molecule has 9 nitrogen and oxygen atoms in total. The molecule has 3 rings (SSSR count). The zero-order chi connectivity index (χ0) is 23.7. The number of nitrogens with zero attached hydrogens (tertiary/aromatic N) is 3. The minimum absolute atomic E-state index is 0. The molecule has 0 saturated heterocycles. The summed E-state index contributed by atoms with van der Waals surface area (Å²) in [6.45, 7) is 0. The first-order chi connectivity index (χ1) is 13.7. The van der Waals surface area contributed by atoms with E-state index in [9.17, 15) is 69.5 Å². The Morgan fingerprint density at radius 3 is 0.806 bits per heavy atom. The second kappa shape index (κ2) is 11.0. The second-order valence-electron chi connectivity index (χ2n) is 4.89. The van der Waals surface area contributed by atoms with Crippen LogP contribution >= 0.6 is 0 Å². The van der Waals surface area contributed by atoms with E-state index in [4.69, 9.17) is 0 Å². The molecular weight excluding hydrogens is 605 g/mol. The molecule has 3 aliphatic heterocycles. The predicted octanol–water partition coefficient (Wildman–Crippen LogP) is -1.76. The molecular formula is C12H3EuF9N3O6. The molecule has 0 aromatic rings. The van der Waals surface area contributed by atoms with Crippen molar-refractivity contribution in [3.05, 3.63) is 34.6 Å². The van der Waals surface area contributed by atoms with Crippen LogP contribution in [-0.2, 0) is 14.4 Å². The number of carboxylic acids is 3. The molecule has 19 heteroatoms. The summed E-state index contributed by atoms with van der Waals surface area (Å²) in [6, 6.07) is 0. The van der Waals surface area contributed by atoms with Crippen LogP contribution in [0.15, 0.2) is 34.6 Å². The summed E-state index contributed by atoms with van der Waals surface area (Å²) in [4.78, 5) is 29.1. The maximum atomic E-state index is 11.9. The minimum Gasteiger partial charge on any atom is -0.543 e. The maximum absolute atomic E-state index is 11.9. The van der Waals surface area contributed by atoms with Crippen LogP contribution in [0.1, 0.15) is 0 Å². The smallest absolute Gasteiger partial charge is 0.543 e. The van der Waals surface area contributed by atoms with Gasteiger partial charge in [0.15, 0.2) is 17.5 Å². The SMILES string of the molecule is O=C([O-])C1=C(F)C(F)N1F.O=C([O-])C1=C(F)C(F)N1F.O=C([O-])C1=C(F)C(F)N1F.[Eu+3]. The van der Waals surface area contributed by atoms with Crippen LogP contribution in [-0.4, -0.2) is 52.2 Å². The third kappa shape index (κ3) is 5.62. The molecule has 0 spiro atoms. The molecule has 0 amide bonds. The van der Waals surface area contributed by atoms with E-state index >= 15 is 0 Å². The molecule has 172 valence electrons. The summed E-state index contributed by atoms with van der Waals surface area (Å²) >= 11 is 0. The number of alkyl halides is 3. The predicted molar refractivity (Wildman–Crippen MR) is 63.0 cm³/mol. The van der Waals surface area contributed by atoms with Crippen molar-refractivity contribution in [3.63, 3.8) is 0 Å². The van der Waals surface area contributed by atoms with Gasteiger partial charge in [-0.1, -0.05) is 13.4 Å². The average Bonchev–Trinajstić information content (AvgIpc) is 2.67. The van der Waals surface area contributed by atoms with E-state index in [0.717, 1.165) is 0 Å². The van der Waals surface area contributed by atoms with Gasteiger partial charge < -0.3 is 29.7 Å². The van der Waals surface area contributed by atoms with Gasteiger partial charge in [-0.25, -0.2) is 26.3 Å². The normalized spacial score (nSPS) is 23.9. The van der Waals surface area contributed by atoms with Crippen molar-refractivity contribution < 1.29 is 119 Å². The van der Waals surface area contributed by atoms with Crippen LogP contribution < -0.4 is 15.3 Å². The third-order valence-electron chi connectivity index (χ3n) is 3.12. The van der Waals surface area contributed by atoms with Gasteiger partial charge in [0.1, 0.15) is 17.1 Å². The van der Waals surface area contributed by atoms with Gasteiger partial charge in [-0.05, 0) is 0 Å². The summed E-state index contributed by atoms with van der Waals surface area (Å²) in [5.74, 6) is -11.1. The van der Waals surface area contributed by atoms with Gasteiger partial charge in [0.25, 0.3) is 18.9 Å². The van der Waals surface area contributed by atoms with Crippen LogP contribution in [0.4, 0.5) is 39.8 Å². The maximum Gasteiger partial charge on any atom is 3.00 e. The number of carbonyl (C=O) groups is 3. The minimum atomic E-state index is -2.58. The fourth-order valence-corrected chi connectivity index (χ4v) is 1.64. The molecule has 0 N–H and O–H groups in total. The van der Waals surface area contributed by atoms with E-state index in [0.29, 0.717) is 0 Å². The quantitative estimate of drug-likeness (QED) is 0.208. The summed E-state index contributed by atoms with van der Waals surface area (Å²) in [5, 5.41) is 26.5. The number of rotatable bonds is 3. The third-order valence-corrected chi connectivity index (χ3v) is 3.12. The molecule has 0 aromatic heterocycles. The van der Waals surface area contributed by atoms with Crippen LogP contribution in [0.3, 0.4) is 0 Å². The Balaban J connectivity index is 0.000000429. The Hall–Kier alpha value is -2.02. The fraction of sp³-hybridized carbons (Fsp3) is 0.250. The molecule has 31 heavy (non-hydrogen) atoms. The number of hydrogen-bond acceptors (Lipinski definition) is 9. The van der Waals surface area contributed by atoms with Gasteiger partial charge in [0.05, 0.1) is 17.9 Å². The Morgan fingerprint density at radius 1 is 0.581 bits per heavy atom. The van der Waals surface area contributed by atoms with Crippen molar-refractivity contribution in [2.24, 2.45) is 0 Å². The van der Waals surface area contributed by atoms with Gasteiger partial charge in [-0.2, -0.15) is 15.4 Å². The van der Waals surface area contributed by atoms with Gasteiger partial charge in [0, 0.05) is 0 Å². The number of aliphatic carboxylic acids is 3. The topological polar surface area (TPSA) is 130 Å². The van der Waals surface area contributed by atoms with E-state index in [1.807, 2.05) is 0 Å². The van der Waals surface area contributed by atoms with E-state index in [-0.39, 0.29) is 49.4 Å². The monoisotopic (exact) mass is 609 g/mol. The van der Waals surface area contributed by atoms with Gasteiger partial charge in [-0.3, -0.25) is 0 Å². The number of carboxylic acid groups (broad SMARTS) is 3. The first kappa shape index (κ1) is 29.0. The molecule has 3 aliphatic rings. The first-order valence-electron chi connectivity index (χ1n) is 6.76. The molecule has 0 radical (unpaired) electrons. The molecule has 3 atom stereocenters. The van der Waals surface area contributed by atoms with Crippen molar-refractivity contribution in [2.45, 2.75) is 18.9 Å². The molecule has 0 aliphatic carbocycles. The molecule has 3 heterocycles. The van der Waals surface area contributed by atoms with Crippen molar-refractivity contribution >= 4 is 17.9 Å². The van der Waals surface area contributed by atoms with E-state index in [1.54, 1.807) is 0 Å². The van der Waals surface area contributed by atoms with Crippen molar-refractivity contribution in [1.82, 2.24) is 15.4 Å². The number of carbonyl (C=O) groups excluding carboxylic acids is 3. The van der Waals surface area contributed by atoms with Crippen LogP contribution in [0, 0.1) is 49.4 Å². The summed E-state index contributed by atoms with van der Waals surface area (Å²) < 4.78 is 106. The van der Waals surface area contributed by atoms with E-state index in [1.165, 1.54) is 0 Å². The van der Waals surface area contributed by atoms with Crippen LogP contribution in [0.2, 0.25) is 0 Å². The summed E-state index contributed by atoms with van der Waals surface area (Å²) in [5.41, 5.74) is -4.10. The zero-order valence-corrected chi connectivity index (χ0v) is 16.2. The Bertz CT molecular complexity index is 759. The Morgan fingerprint density at radius 2 is 0.742 bits per heavy atom. The van der Waals surface area contributed by atoms with Gasteiger partial charge >= 0.3 is 49.4 Å². The summed E-state index contributed by atoms with van der Waals surface area (Å²) in [6.07, 6.45) is -7.73. The molecule has 0 bridgehead atoms. The summed E-state index contributed by atoms with van der Waals surface area (Å²) in [7, 11) is 0. The van der Waals surface area contributed by atoms with Gasteiger partial charge in [0.2, 0.25) is 0 Å².